The molecule has 4 heteroatoms. The van der Waals surface area contributed by atoms with Gasteiger partial charge in [-0.25, -0.2) is 9.97 Å². The highest BCUT2D eigenvalue weighted by atomic mass is 31.1. The van der Waals surface area contributed by atoms with Gasteiger partial charge in [-0.2, -0.15) is 5.26 Å². The molecule has 6 rings (SSSR count). The van der Waals surface area contributed by atoms with Crippen molar-refractivity contribution in [2.75, 3.05) is 0 Å². The first-order valence-electron chi connectivity index (χ1n) is 12.7. The Labute approximate surface area is 224 Å². The van der Waals surface area contributed by atoms with E-state index in [0.29, 0.717) is 5.82 Å². The molecule has 0 unspecified atom stereocenters. The molecule has 1 aromatic heterocycles. The Kier molecular flexibility index (Phi) is 6.20. The van der Waals surface area contributed by atoms with Crippen LogP contribution in [0.1, 0.15) is 19.7 Å². The normalized spacial score (nSPS) is 11.6. The summed E-state index contributed by atoms with van der Waals surface area (Å²) in [4.78, 5) is 10.0. The summed E-state index contributed by atoms with van der Waals surface area (Å²) in [6.45, 7) is 3.76. The predicted molar refractivity (Wildman–Crippen MR) is 160 cm³/mol. The Bertz CT molecular complexity index is 1770. The first-order chi connectivity index (χ1) is 18.6. The van der Waals surface area contributed by atoms with Crippen LogP contribution in [0.5, 0.6) is 0 Å². The van der Waals surface area contributed by atoms with Crippen LogP contribution in [0.3, 0.4) is 0 Å². The zero-order chi connectivity index (χ0) is 26.1. The van der Waals surface area contributed by atoms with E-state index in [2.05, 4.69) is 109 Å². The molecule has 0 atom stereocenters. The first-order valence-corrected chi connectivity index (χ1v) is 14.0. The zero-order valence-corrected chi connectivity index (χ0v) is 22.2. The van der Waals surface area contributed by atoms with Crippen molar-refractivity contribution in [2.45, 2.75) is 19.3 Å². The third-order valence-electron chi connectivity index (χ3n) is 6.86. The third-order valence-corrected chi connectivity index (χ3v) is 9.34. The van der Waals surface area contributed by atoms with Crippen molar-refractivity contribution in [3.63, 3.8) is 0 Å². The Hall–Kier alpha value is -4.38. The van der Waals surface area contributed by atoms with Crippen molar-refractivity contribution >= 4 is 45.5 Å². The second kappa shape index (κ2) is 9.82. The van der Waals surface area contributed by atoms with Gasteiger partial charge in [-0.1, -0.05) is 115 Å². The molecule has 0 bridgehead atoms. The molecule has 0 N–H and O–H groups in total. The Balaban J connectivity index is 1.76. The Morgan fingerprint density at radius 2 is 1.21 bits per heavy atom. The average Bonchev–Trinajstić information content (AvgIpc) is 2.98. The highest BCUT2D eigenvalue weighted by Crippen LogP contribution is 2.41. The van der Waals surface area contributed by atoms with Gasteiger partial charge in [-0.15, -0.1) is 0 Å². The summed E-state index contributed by atoms with van der Waals surface area (Å²) in [7, 11) is -0.886. The number of nitrogens with zero attached hydrogens (tertiary/aromatic N) is 3. The number of para-hydroxylation sites is 1. The molecule has 0 fully saturated rings. The van der Waals surface area contributed by atoms with Crippen LogP contribution < -0.4 is 15.9 Å². The van der Waals surface area contributed by atoms with Gasteiger partial charge in [0, 0.05) is 10.9 Å². The van der Waals surface area contributed by atoms with Gasteiger partial charge in [0.25, 0.3) is 0 Å². The van der Waals surface area contributed by atoms with E-state index in [1.165, 1.54) is 15.9 Å². The summed E-state index contributed by atoms with van der Waals surface area (Å²) in [5.41, 5.74) is 2.00. The van der Waals surface area contributed by atoms with Crippen molar-refractivity contribution in [1.29, 1.82) is 5.26 Å². The number of hydrogen-bond acceptors (Lipinski definition) is 3. The fourth-order valence-electron chi connectivity index (χ4n) is 4.87. The van der Waals surface area contributed by atoms with Gasteiger partial charge in [-0.05, 0) is 54.5 Å². The van der Waals surface area contributed by atoms with E-state index < -0.39 is 13.3 Å². The standard InChI is InChI=1S/C34H26N3P/c1-34(2,23-35)33-36-29-20-12-11-19-28(29)32(37-33)31-27-18-10-9-13-24(27)21-22-30(31)38(25-14-5-3-6-15-25)26-16-7-4-8-17-26/h3-22H,1-2H3. The zero-order valence-electron chi connectivity index (χ0n) is 21.3. The lowest BCUT2D eigenvalue weighted by Crippen LogP contribution is -2.23. The molecule has 0 amide bonds. The minimum Gasteiger partial charge on any atom is -0.231 e. The third kappa shape index (κ3) is 4.24. The highest BCUT2D eigenvalue weighted by Gasteiger charge is 2.28. The van der Waals surface area contributed by atoms with E-state index in [9.17, 15) is 5.26 Å². The highest BCUT2D eigenvalue weighted by molar-refractivity contribution is 7.80. The molecule has 0 aliphatic rings. The van der Waals surface area contributed by atoms with E-state index >= 15 is 0 Å². The number of hydrogen-bond donors (Lipinski definition) is 0. The van der Waals surface area contributed by atoms with Crippen molar-refractivity contribution < 1.29 is 0 Å². The number of fused-ring (bicyclic) bond motifs is 2. The number of aromatic nitrogens is 2. The summed E-state index contributed by atoms with van der Waals surface area (Å²) < 4.78 is 0. The van der Waals surface area contributed by atoms with Crippen molar-refractivity contribution in [3.05, 3.63) is 127 Å². The molecule has 0 radical (unpaired) electrons. The molecular formula is C34H26N3P. The van der Waals surface area contributed by atoms with Crippen LogP contribution in [-0.4, -0.2) is 9.97 Å². The summed E-state index contributed by atoms with van der Waals surface area (Å²) >= 11 is 0. The molecule has 0 spiro atoms. The van der Waals surface area contributed by atoms with Gasteiger partial charge in [0.2, 0.25) is 0 Å². The van der Waals surface area contributed by atoms with Crippen LogP contribution in [0.2, 0.25) is 0 Å². The molecule has 0 aliphatic carbocycles. The number of benzene rings is 5. The molecular weight excluding hydrogens is 481 g/mol. The van der Waals surface area contributed by atoms with Crippen LogP contribution in [-0.2, 0) is 5.41 Å². The van der Waals surface area contributed by atoms with E-state index in [-0.39, 0.29) is 0 Å². The maximum absolute atomic E-state index is 9.97. The molecule has 0 saturated heterocycles. The van der Waals surface area contributed by atoms with E-state index in [1.807, 2.05) is 32.0 Å². The molecule has 1 heterocycles. The van der Waals surface area contributed by atoms with E-state index in [4.69, 9.17) is 9.97 Å². The van der Waals surface area contributed by atoms with Crippen LogP contribution >= 0.6 is 7.92 Å². The molecule has 5 aromatic carbocycles. The van der Waals surface area contributed by atoms with Gasteiger partial charge >= 0.3 is 0 Å². The Morgan fingerprint density at radius 3 is 1.87 bits per heavy atom. The summed E-state index contributed by atoms with van der Waals surface area (Å²) in [6.07, 6.45) is 0. The molecule has 6 aromatic rings. The topological polar surface area (TPSA) is 49.6 Å². The minimum absolute atomic E-state index is 0.538. The van der Waals surface area contributed by atoms with Crippen molar-refractivity contribution in [2.24, 2.45) is 0 Å². The minimum atomic E-state index is -0.886. The van der Waals surface area contributed by atoms with Crippen LogP contribution in [0.15, 0.2) is 121 Å². The second-order valence-corrected chi connectivity index (χ2v) is 12.0. The van der Waals surface area contributed by atoms with E-state index in [0.717, 1.165) is 32.9 Å². The molecule has 0 saturated carbocycles. The first kappa shape index (κ1) is 24.0. The SMILES string of the molecule is CC(C)(C#N)c1nc(-c2c(P(c3ccccc3)c3ccccc3)ccc3ccccc23)c2ccccc2n1. The second-order valence-electron chi connectivity index (χ2n) is 9.84. The van der Waals surface area contributed by atoms with Crippen molar-refractivity contribution in [3.8, 4) is 17.3 Å². The smallest absolute Gasteiger partial charge is 0.149 e. The van der Waals surface area contributed by atoms with E-state index in [1.54, 1.807) is 0 Å². The van der Waals surface area contributed by atoms with Gasteiger partial charge < -0.3 is 0 Å². The maximum Gasteiger partial charge on any atom is 0.149 e. The quantitative estimate of drug-likeness (QED) is 0.236. The lowest BCUT2D eigenvalue weighted by atomic mass is 9.93. The average molecular weight is 508 g/mol. The molecule has 38 heavy (non-hydrogen) atoms. The van der Waals surface area contributed by atoms with Gasteiger partial charge in [0.05, 0.1) is 17.3 Å². The summed E-state index contributed by atoms with van der Waals surface area (Å²) in [5, 5.41) is 17.1. The lowest BCUT2D eigenvalue weighted by molar-refractivity contribution is 0.634. The molecule has 3 nitrogen and oxygen atoms in total. The fraction of sp³-hybridized carbons (Fsp3) is 0.0882. The largest absolute Gasteiger partial charge is 0.231 e. The number of rotatable bonds is 5. The fourth-order valence-corrected chi connectivity index (χ4v) is 7.34. The Morgan fingerprint density at radius 1 is 0.632 bits per heavy atom. The monoisotopic (exact) mass is 507 g/mol. The maximum atomic E-state index is 9.97. The predicted octanol–water partition coefficient (Wildman–Crippen LogP) is 7.01. The lowest BCUT2D eigenvalue weighted by Gasteiger charge is -2.25. The summed E-state index contributed by atoms with van der Waals surface area (Å²) in [5.74, 6) is 0.538. The molecule has 0 aliphatic heterocycles. The van der Waals surface area contributed by atoms with Crippen LogP contribution in [0, 0.1) is 11.3 Å². The van der Waals surface area contributed by atoms with Gasteiger partial charge in [-0.3, -0.25) is 0 Å². The summed E-state index contributed by atoms with van der Waals surface area (Å²) in [6, 6.07) is 45.0. The van der Waals surface area contributed by atoms with Gasteiger partial charge in [0.1, 0.15) is 11.2 Å². The van der Waals surface area contributed by atoms with Crippen LogP contribution in [0.25, 0.3) is 32.9 Å². The van der Waals surface area contributed by atoms with Crippen LogP contribution in [0.4, 0.5) is 0 Å². The molecule has 182 valence electrons. The number of nitriles is 1. The van der Waals surface area contributed by atoms with Gasteiger partial charge in [0.15, 0.2) is 0 Å². The van der Waals surface area contributed by atoms with Crippen molar-refractivity contribution in [1.82, 2.24) is 9.97 Å².